The summed E-state index contributed by atoms with van der Waals surface area (Å²) >= 11 is 0. The number of nitrogens with zero attached hydrogens (tertiary/aromatic N) is 2. The third-order valence-electron chi connectivity index (χ3n) is 4.75. The fraction of sp³-hybridized carbons (Fsp3) is 0.619. The predicted octanol–water partition coefficient (Wildman–Crippen LogP) is 2.43. The maximum atomic E-state index is 14.3. The van der Waals surface area contributed by atoms with Gasteiger partial charge >= 0.3 is 0 Å². The molecule has 6 nitrogen and oxygen atoms in total. The van der Waals surface area contributed by atoms with Gasteiger partial charge < -0.3 is 20.9 Å². The molecule has 0 radical (unpaired) electrons. The number of amides is 1. The van der Waals surface area contributed by atoms with Gasteiger partial charge in [-0.3, -0.25) is 9.79 Å². The van der Waals surface area contributed by atoms with Crippen LogP contribution in [0.25, 0.3) is 0 Å². The molecule has 1 unspecified atom stereocenters. The lowest BCUT2D eigenvalue weighted by molar-refractivity contribution is -0.123. The average Bonchev–Trinajstić information content (AvgIpc) is 2.67. The average molecular weight is 392 g/mol. The summed E-state index contributed by atoms with van der Waals surface area (Å²) in [5.41, 5.74) is 1.73. The Morgan fingerprint density at radius 1 is 1.36 bits per heavy atom. The van der Waals surface area contributed by atoms with Crippen molar-refractivity contribution < 1.29 is 9.18 Å². The van der Waals surface area contributed by atoms with Gasteiger partial charge in [-0.05, 0) is 44.4 Å². The molecule has 0 bridgehead atoms. The number of piperidine rings is 1. The minimum absolute atomic E-state index is 0.0226. The van der Waals surface area contributed by atoms with E-state index in [4.69, 9.17) is 0 Å². The molecule has 1 amide bonds. The first-order valence-electron chi connectivity index (χ1n) is 10.2. The van der Waals surface area contributed by atoms with Crippen LogP contribution in [-0.2, 0) is 4.79 Å². The molecule has 1 heterocycles. The number of rotatable bonds is 7. The van der Waals surface area contributed by atoms with E-state index in [9.17, 15) is 9.18 Å². The van der Waals surface area contributed by atoms with Gasteiger partial charge in [-0.2, -0.15) is 0 Å². The summed E-state index contributed by atoms with van der Waals surface area (Å²) in [4.78, 5) is 18.3. The first-order chi connectivity index (χ1) is 13.4. The van der Waals surface area contributed by atoms with Crippen molar-refractivity contribution in [1.29, 1.82) is 0 Å². The third-order valence-corrected chi connectivity index (χ3v) is 4.75. The molecule has 1 aliphatic rings. The van der Waals surface area contributed by atoms with Gasteiger partial charge in [-0.25, -0.2) is 4.39 Å². The predicted molar refractivity (Wildman–Crippen MR) is 113 cm³/mol. The highest BCUT2D eigenvalue weighted by Gasteiger charge is 2.23. The van der Waals surface area contributed by atoms with Crippen molar-refractivity contribution in [3.63, 3.8) is 0 Å². The molecule has 0 aliphatic carbocycles. The van der Waals surface area contributed by atoms with Crippen LogP contribution in [0.5, 0.6) is 0 Å². The molecule has 0 saturated carbocycles. The molecule has 1 aromatic carbocycles. The smallest absolute Gasteiger partial charge is 0.222 e. The monoisotopic (exact) mass is 391 g/mol. The van der Waals surface area contributed by atoms with Crippen LogP contribution in [0.4, 0.5) is 10.1 Å². The largest absolute Gasteiger partial charge is 0.367 e. The maximum absolute atomic E-state index is 14.3. The van der Waals surface area contributed by atoms with Crippen molar-refractivity contribution in [3.05, 3.63) is 29.6 Å². The Kier molecular flexibility index (Phi) is 8.54. The number of benzene rings is 1. The Hall–Kier alpha value is -2.31. The van der Waals surface area contributed by atoms with Gasteiger partial charge in [0.1, 0.15) is 5.82 Å². The van der Waals surface area contributed by atoms with Crippen LogP contribution in [0, 0.1) is 18.7 Å². The molecule has 3 N–H and O–H groups in total. The highest BCUT2D eigenvalue weighted by Crippen LogP contribution is 2.24. The van der Waals surface area contributed by atoms with E-state index in [0.29, 0.717) is 18.8 Å². The number of aliphatic imine (C=N–C) groups is 1. The zero-order valence-corrected chi connectivity index (χ0v) is 17.5. The van der Waals surface area contributed by atoms with E-state index in [1.165, 1.54) is 0 Å². The molecule has 1 fully saturated rings. The zero-order valence-electron chi connectivity index (χ0n) is 17.5. The van der Waals surface area contributed by atoms with E-state index in [1.807, 2.05) is 33.8 Å². The number of halogens is 1. The second kappa shape index (κ2) is 10.9. The summed E-state index contributed by atoms with van der Waals surface area (Å²) in [6, 6.07) is 5.44. The topological polar surface area (TPSA) is 68.8 Å². The van der Waals surface area contributed by atoms with Gasteiger partial charge in [-0.15, -0.1) is 0 Å². The summed E-state index contributed by atoms with van der Waals surface area (Å²) in [7, 11) is 0. The van der Waals surface area contributed by atoms with Crippen LogP contribution < -0.4 is 20.9 Å². The molecule has 28 heavy (non-hydrogen) atoms. The summed E-state index contributed by atoms with van der Waals surface area (Å²) < 4.78 is 14.3. The number of nitrogens with one attached hydrogen (secondary N) is 3. The fourth-order valence-electron chi connectivity index (χ4n) is 3.24. The van der Waals surface area contributed by atoms with Crippen LogP contribution in [0.15, 0.2) is 23.2 Å². The van der Waals surface area contributed by atoms with E-state index in [1.54, 1.807) is 12.1 Å². The van der Waals surface area contributed by atoms with Gasteiger partial charge in [0.05, 0.1) is 12.2 Å². The van der Waals surface area contributed by atoms with Crippen LogP contribution in [0.3, 0.4) is 0 Å². The van der Waals surface area contributed by atoms with E-state index < -0.39 is 0 Å². The molecule has 0 aromatic heterocycles. The Labute approximate surface area is 168 Å². The number of anilines is 1. The van der Waals surface area contributed by atoms with Crippen molar-refractivity contribution in [2.45, 2.75) is 46.6 Å². The Bertz CT molecular complexity index is 677. The van der Waals surface area contributed by atoms with Crippen molar-refractivity contribution in [1.82, 2.24) is 16.0 Å². The number of carbonyl (C=O) groups excluding carboxylic acids is 1. The SMILES string of the molecule is CCNC(=NCCNC(=O)C(C)C)NC1CCCN(c2cc(C)ccc2F)C1. The number of carbonyl (C=O) groups is 1. The molecular formula is C21H34FN5O. The van der Waals surface area contributed by atoms with Gasteiger partial charge in [-0.1, -0.05) is 19.9 Å². The normalized spacial score (nSPS) is 17.6. The molecule has 1 aromatic rings. The Balaban J connectivity index is 1.93. The summed E-state index contributed by atoms with van der Waals surface area (Å²) in [5, 5.41) is 9.58. The molecule has 7 heteroatoms. The van der Waals surface area contributed by atoms with Crippen molar-refractivity contribution in [2.75, 3.05) is 37.6 Å². The van der Waals surface area contributed by atoms with Crippen LogP contribution in [0.1, 0.15) is 39.2 Å². The highest BCUT2D eigenvalue weighted by atomic mass is 19.1. The first-order valence-corrected chi connectivity index (χ1v) is 10.2. The standard InChI is InChI=1S/C21H34FN5O/c1-5-23-21(25-11-10-24-20(28)15(2)3)26-17-7-6-12-27(14-17)19-13-16(4)8-9-18(19)22/h8-9,13,15,17H,5-7,10-12,14H2,1-4H3,(H,24,28)(H2,23,25,26). The molecule has 2 rings (SSSR count). The van der Waals surface area contributed by atoms with Gasteiger partial charge in [0.25, 0.3) is 0 Å². The minimum atomic E-state index is -0.173. The lowest BCUT2D eigenvalue weighted by Crippen LogP contribution is -2.51. The van der Waals surface area contributed by atoms with Gasteiger partial charge in [0.15, 0.2) is 5.96 Å². The van der Waals surface area contributed by atoms with E-state index in [-0.39, 0.29) is 23.7 Å². The number of hydrogen-bond donors (Lipinski definition) is 3. The molecule has 156 valence electrons. The minimum Gasteiger partial charge on any atom is -0.367 e. The first kappa shape index (κ1) is 22.0. The zero-order chi connectivity index (χ0) is 20.5. The summed E-state index contributed by atoms with van der Waals surface area (Å²) in [6.07, 6.45) is 2.01. The number of guanidine groups is 1. The quantitative estimate of drug-likeness (QED) is 0.379. The van der Waals surface area contributed by atoms with E-state index in [2.05, 4.69) is 25.8 Å². The van der Waals surface area contributed by atoms with Crippen molar-refractivity contribution in [2.24, 2.45) is 10.9 Å². The number of hydrogen-bond acceptors (Lipinski definition) is 3. The van der Waals surface area contributed by atoms with Gasteiger partial charge in [0.2, 0.25) is 5.91 Å². The Morgan fingerprint density at radius 3 is 2.86 bits per heavy atom. The van der Waals surface area contributed by atoms with Crippen LogP contribution >= 0.6 is 0 Å². The lowest BCUT2D eigenvalue weighted by atomic mass is 10.0. The molecule has 1 saturated heterocycles. The van der Waals surface area contributed by atoms with Gasteiger partial charge in [0, 0.05) is 38.1 Å². The second-order valence-corrected chi connectivity index (χ2v) is 7.59. The lowest BCUT2D eigenvalue weighted by Gasteiger charge is -2.35. The fourth-order valence-corrected chi connectivity index (χ4v) is 3.24. The Morgan fingerprint density at radius 2 is 2.14 bits per heavy atom. The molecule has 1 aliphatic heterocycles. The highest BCUT2D eigenvalue weighted by molar-refractivity contribution is 5.80. The maximum Gasteiger partial charge on any atom is 0.222 e. The molecule has 0 spiro atoms. The number of aryl methyl sites for hydroxylation is 1. The molecule has 1 atom stereocenters. The third kappa shape index (κ3) is 6.69. The van der Waals surface area contributed by atoms with Crippen molar-refractivity contribution >= 4 is 17.6 Å². The summed E-state index contributed by atoms with van der Waals surface area (Å²) in [5.74, 6) is 0.576. The van der Waals surface area contributed by atoms with E-state index >= 15 is 0 Å². The van der Waals surface area contributed by atoms with Crippen LogP contribution in [-0.4, -0.2) is 50.6 Å². The van der Waals surface area contributed by atoms with Crippen molar-refractivity contribution in [3.8, 4) is 0 Å². The second-order valence-electron chi connectivity index (χ2n) is 7.59. The molecular weight excluding hydrogens is 357 g/mol. The van der Waals surface area contributed by atoms with E-state index in [0.717, 1.165) is 44.0 Å². The van der Waals surface area contributed by atoms with Crippen LogP contribution in [0.2, 0.25) is 0 Å². The summed E-state index contributed by atoms with van der Waals surface area (Å²) in [6.45, 7) is 11.1.